The number of nitrogens with zero attached hydrogens (tertiary/aromatic N) is 4. The van der Waals surface area contributed by atoms with Crippen LogP contribution in [0.25, 0.3) is 16.5 Å². The highest BCUT2D eigenvalue weighted by Gasteiger charge is 2.41. The number of pyridine rings is 2. The largest absolute Gasteiger partial charge is 0.352 e. The second-order valence-corrected chi connectivity index (χ2v) is 8.83. The van der Waals surface area contributed by atoms with Gasteiger partial charge in [-0.1, -0.05) is 36.4 Å². The molecule has 3 aromatic heterocycles. The Morgan fingerprint density at radius 3 is 2.47 bits per heavy atom. The molecule has 34 heavy (non-hydrogen) atoms. The minimum Gasteiger partial charge on any atom is -0.352 e. The van der Waals surface area contributed by atoms with Crippen LogP contribution < -0.4 is 5.32 Å². The Hall–Kier alpha value is -4.03. The van der Waals surface area contributed by atoms with Crippen LogP contribution in [0.3, 0.4) is 0 Å². The minimum atomic E-state index is -0.0651. The summed E-state index contributed by atoms with van der Waals surface area (Å²) in [7, 11) is 0. The lowest BCUT2D eigenvalue weighted by atomic mass is 10.0. The second-order valence-electron chi connectivity index (χ2n) is 8.44. The smallest absolute Gasteiger partial charge is 0.170 e. The van der Waals surface area contributed by atoms with Crippen molar-refractivity contribution in [1.82, 2.24) is 24.8 Å². The van der Waals surface area contributed by atoms with Gasteiger partial charge < -0.3 is 14.8 Å². The third-order valence-corrected chi connectivity index (χ3v) is 6.75. The summed E-state index contributed by atoms with van der Waals surface area (Å²) in [5.74, 6) is 0. The molecule has 1 fully saturated rings. The maximum Gasteiger partial charge on any atom is 0.170 e. The molecule has 0 spiro atoms. The monoisotopic (exact) mass is 461 g/mol. The number of fused-ring (bicyclic) bond motifs is 1. The lowest BCUT2D eigenvalue weighted by molar-refractivity contribution is 0.302. The molecule has 0 bridgehead atoms. The van der Waals surface area contributed by atoms with Crippen molar-refractivity contribution in [3.8, 4) is 5.69 Å². The summed E-state index contributed by atoms with van der Waals surface area (Å²) < 4.78 is 2.27. The van der Waals surface area contributed by atoms with Gasteiger partial charge in [-0.25, -0.2) is 0 Å². The minimum absolute atomic E-state index is 0.0305. The van der Waals surface area contributed by atoms with E-state index < -0.39 is 0 Å². The molecule has 0 unspecified atom stereocenters. The standard InChI is InChI=1S/C28H23N5S/c34-28-31-26(24-8-3-4-14-30-24)27(33(28)19-20-12-15-29-16-13-20)25-9-5-17-32(25)23-11-10-21-6-1-2-7-22(21)18-23/h1-18,26-27H,19H2,(H,31,34)/t26-,27-/m1/s1. The first-order valence-corrected chi connectivity index (χ1v) is 11.7. The molecule has 1 aliphatic rings. The van der Waals surface area contributed by atoms with Gasteiger partial charge in [-0.3, -0.25) is 9.97 Å². The Bertz CT molecular complexity index is 1450. The van der Waals surface area contributed by atoms with Crippen LogP contribution in [-0.2, 0) is 6.54 Å². The topological polar surface area (TPSA) is 46.0 Å². The van der Waals surface area contributed by atoms with E-state index in [2.05, 4.69) is 91.6 Å². The fourth-order valence-electron chi connectivity index (χ4n) is 4.78. The lowest BCUT2D eigenvalue weighted by Crippen LogP contribution is -2.30. The van der Waals surface area contributed by atoms with Crippen LogP contribution in [0.2, 0.25) is 0 Å². The number of nitrogens with one attached hydrogen (secondary N) is 1. The molecule has 2 atom stereocenters. The lowest BCUT2D eigenvalue weighted by Gasteiger charge is -2.29. The molecule has 166 valence electrons. The zero-order valence-electron chi connectivity index (χ0n) is 18.5. The molecule has 0 aliphatic carbocycles. The van der Waals surface area contributed by atoms with Crippen molar-refractivity contribution in [3.05, 3.63) is 127 Å². The zero-order valence-corrected chi connectivity index (χ0v) is 19.3. The molecule has 1 aliphatic heterocycles. The van der Waals surface area contributed by atoms with Gasteiger partial charge in [-0.2, -0.15) is 0 Å². The van der Waals surface area contributed by atoms with Crippen LogP contribution in [0.5, 0.6) is 0 Å². The molecule has 1 saturated heterocycles. The van der Waals surface area contributed by atoms with E-state index in [0.29, 0.717) is 6.54 Å². The molecule has 0 saturated carbocycles. The molecule has 0 amide bonds. The normalized spacial score (nSPS) is 17.8. The van der Waals surface area contributed by atoms with Crippen LogP contribution in [0.1, 0.15) is 29.0 Å². The molecule has 0 radical (unpaired) electrons. The van der Waals surface area contributed by atoms with Crippen LogP contribution in [0, 0.1) is 0 Å². The van der Waals surface area contributed by atoms with Crippen molar-refractivity contribution in [2.75, 3.05) is 0 Å². The van der Waals surface area contributed by atoms with Crippen LogP contribution in [0.15, 0.2) is 110 Å². The van der Waals surface area contributed by atoms with Gasteiger partial charge in [0.1, 0.15) is 0 Å². The summed E-state index contributed by atoms with van der Waals surface area (Å²) in [5.41, 5.74) is 4.42. The maximum atomic E-state index is 5.85. The third kappa shape index (κ3) is 3.72. The average Bonchev–Trinajstić information content (AvgIpc) is 3.49. The van der Waals surface area contributed by atoms with Gasteiger partial charge in [0.05, 0.1) is 17.8 Å². The van der Waals surface area contributed by atoms with Crippen molar-refractivity contribution < 1.29 is 0 Å². The van der Waals surface area contributed by atoms with E-state index in [0.717, 1.165) is 27.8 Å². The zero-order chi connectivity index (χ0) is 22.9. The molecule has 6 rings (SSSR count). The second kappa shape index (κ2) is 8.72. The van der Waals surface area contributed by atoms with Gasteiger partial charge in [0, 0.05) is 42.7 Å². The highest BCUT2D eigenvalue weighted by atomic mass is 32.1. The first kappa shape index (κ1) is 20.6. The van der Waals surface area contributed by atoms with Crippen molar-refractivity contribution in [2.45, 2.75) is 18.6 Å². The van der Waals surface area contributed by atoms with Gasteiger partial charge in [0.2, 0.25) is 0 Å². The van der Waals surface area contributed by atoms with E-state index in [1.54, 1.807) is 0 Å². The number of thiocarbonyl (C=S) groups is 1. The van der Waals surface area contributed by atoms with Crippen LogP contribution >= 0.6 is 12.2 Å². The molecule has 1 N–H and O–H groups in total. The molecule has 6 heteroatoms. The summed E-state index contributed by atoms with van der Waals surface area (Å²) in [4.78, 5) is 11.1. The van der Waals surface area contributed by atoms with Gasteiger partial charge in [-0.05, 0) is 77.1 Å². The number of rotatable bonds is 5. The predicted molar refractivity (Wildman–Crippen MR) is 139 cm³/mol. The number of aromatic nitrogens is 3. The molecule has 5 aromatic rings. The molecule has 4 heterocycles. The maximum absolute atomic E-state index is 5.85. The Kier molecular flexibility index (Phi) is 5.28. The molecular weight excluding hydrogens is 438 g/mol. The average molecular weight is 462 g/mol. The molecule has 5 nitrogen and oxygen atoms in total. The van der Waals surface area contributed by atoms with E-state index in [1.165, 1.54) is 10.8 Å². The summed E-state index contributed by atoms with van der Waals surface area (Å²) in [6.45, 7) is 0.686. The van der Waals surface area contributed by atoms with E-state index in [4.69, 9.17) is 12.2 Å². The van der Waals surface area contributed by atoms with E-state index in [1.807, 2.05) is 42.9 Å². The highest BCUT2D eigenvalue weighted by molar-refractivity contribution is 7.80. The van der Waals surface area contributed by atoms with E-state index in [-0.39, 0.29) is 12.1 Å². The van der Waals surface area contributed by atoms with Crippen LogP contribution in [-0.4, -0.2) is 24.5 Å². The van der Waals surface area contributed by atoms with E-state index in [9.17, 15) is 0 Å². The molecular formula is C28H23N5S. The summed E-state index contributed by atoms with van der Waals surface area (Å²) in [6, 6.07) is 29.3. The Labute approximate surface area is 203 Å². The Balaban J connectivity index is 1.46. The summed E-state index contributed by atoms with van der Waals surface area (Å²) in [6.07, 6.45) is 7.61. The quantitative estimate of drug-likeness (QED) is 0.346. The number of benzene rings is 2. The van der Waals surface area contributed by atoms with Gasteiger partial charge in [0.25, 0.3) is 0 Å². The summed E-state index contributed by atoms with van der Waals surface area (Å²) >= 11 is 5.85. The number of hydrogen-bond acceptors (Lipinski definition) is 3. The number of hydrogen-bond donors (Lipinski definition) is 1. The van der Waals surface area contributed by atoms with Gasteiger partial charge in [-0.15, -0.1) is 0 Å². The predicted octanol–water partition coefficient (Wildman–Crippen LogP) is 5.59. The van der Waals surface area contributed by atoms with Crippen molar-refractivity contribution >= 4 is 28.1 Å². The highest BCUT2D eigenvalue weighted by Crippen LogP contribution is 2.40. The first-order chi connectivity index (χ1) is 16.8. The van der Waals surface area contributed by atoms with Crippen molar-refractivity contribution in [1.29, 1.82) is 0 Å². The molecule has 2 aromatic carbocycles. The van der Waals surface area contributed by atoms with Gasteiger partial charge in [0.15, 0.2) is 5.11 Å². The van der Waals surface area contributed by atoms with Crippen molar-refractivity contribution in [3.63, 3.8) is 0 Å². The van der Waals surface area contributed by atoms with E-state index >= 15 is 0 Å². The first-order valence-electron chi connectivity index (χ1n) is 11.3. The fourth-order valence-corrected chi connectivity index (χ4v) is 5.08. The van der Waals surface area contributed by atoms with Gasteiger partial charge >= 0.3 is 0 Å². The van der Waals surface area contributed by atoms with Crippen molar-refractivity contribution in [2.24, 2.45) is 0 Å². The SMILES string of the molecule is S=C1N[C@H](c2ccccn2)[C@@H](c2cccn2-c2ccc3ccccc3c2)N1Cc1ccncc1. The Morgan fingerprint density at radius 2 is 1.65 bits per heavy atom. The Morgan fingerprint density at radius 1 is 0.824 bits per heavy atom. The fraction of sp³-hybridized carbons (Fsp3) is 0.107. The summed E-state index contributed by atoms with van der Waals surface area (Å²) in [5, 5.41) is 6.73. The third-order valence-electron chi connectivity index (χ3n) is 6.39. The van der Waals surface area contributed by atoms with Crippen LogP contribution in [0.4, 0.5) is 0 Å².